The van der Waals surface area contributed by atoms with Gasteiger partial charge in [-0.15, -0.1) is 0 Å². The summed E-state index contributed by atoms with van der Waals surface area (Å²) in [6.07, 6.45) is 14.7. The van der Waals surface area contributed by atoms with Crippen molar-refractivity contribution in [2.24, 2.45) is 11.8 Å². The van der Waals surface area contributed by atoms with Gasteiger partial charge >= 0.3 is 0 Å². The van der Waals surface area contributed by atoms with Crippen LogP contribution in [0.1, 0.15) is 104 Å². The predicted molar refractivity (Wildman–Crippen MR) is 217 cm³/mol. The lowest BCUT2D eigenvalue weighted by Crippen LogP contribution is -2.75. The number of aliphatic hydroxyl groups is 1. The molecule has 4 fully saturated rings. The standard InChI is InChI=1S/C43H52BrN5O7/c1-23(2)10-9-15-41(8)16-14-27-34(54-41)26(12-11-24(3)4)36-30(35(27)53-21-44)32-31-33(49-39(48-32)46-22-47-49)28-20-29-40(6,7)56-42(37(28)51,43(29,31)55-36)17-13-25(5)38(52)45-18-19-50/h10-11,13-14,16,22,28-29,33,50H,9,12,15,17-21H2,1-8H3,(H,45,52)(H,46,47,48)/b25-13-. The summed E-state index contributed by atoms with van der Waals surface area (Å²) in [4.78, 5) is 33.1. The highest BCUT2D eigenvalue weighted by Gasteiger charge is 2.84. The number of nitrogens with zero attached hydrogens (tertiary/aromatic N) is 3. The molecule has 3 N–H and O–H groups in total. The molecule has 6 unspecified atom stereocenters. The Morgan fingerprint density at radius 1 is 1.12 bits per heavy atom. The Morgan fingerprint density at radius 3 is 2.61 bits per heavy atom. The van der Waals surface area contributed by atoms with Crippen LogP contribution in [0.4, 0.5) is 5.95 Å². The zero-order chi connectivity index (χ0) is 39.9. The molecule has 1 amide bonds. The number of nitrogens with one attached hydrogen (secondary N) is 2. The van der Waals surface area contributed by atoms with E-state index in [-0.39, 0.29) is 42.7 Å². The molecule has 9 rings (SSSR count). The topological polar surface area (TPSA) is 146 Å². The molecule has 1 aromatic heterocycles. The lowest BCUT2D eigenvalue weighted by molar-refractivity contribution is -0.181. The number of Topliss-reactive ketones (excluding diaryl/α,β-unsaturated/α-hetero) is 1. The number of halogens is 1. The van der Waals surface area contributed by atoms with Crippen LogP contribution in [0.5, 0.6) is 17.2 Å². The van der Waals surface area contributed by atoms with Crippen LogP contribution in [-0.4, -0.2) is 72.6 Å². The van der Waals surface area contributed by atoms with E-state index in [1.165, 1.54) is 11.9 Å². The van der Waals surface area contributed by atoms with Crippen molar-refractivity contribution in [3.8, 4) is 17.2 Å². The Morgan fingerprint density at radius 2 is 1.89 bits per heavy atom. The van der Waals surface area contributed by atoms with Crippen LogP contribution < -0.4 is 24.8 Å². The molecular weight excluding hydrogens is 778 g/mol. The van der Waals surface area contributed by atoms with Gasteiger partial charge in [-0.1, -0.05) is 29.4 Å². The second kappa shape index (κ2) is 13.7. The molecule has 13 heteroatoms. The van der Waals surface area contributed by atoms with Crippen LogP contribution in [0.25, 0.3) is 11.8 Å². The van der Waals surface area contributed by atoms with Crippen molar-refractivity contribution in [2.75, 3.05) is 24.0 Å². The third-order valence-electron chi connectivity index (χ3n) is 12.5. The number of carbonyl (C=O) groups is 2. The average molecular weight is 831 g/mol. The third-order valence-corrected chi connectivity index (χ3v) is 12.7. The number of hydrogen-bond donors (Lipinski definition) is 3. The fourth-order valence-electron chi connectivity index (χ4n) is 10.1. The van der Waals surface area contributed by atoms with Crippen LogP contribution >= 0.6 is 15.9 Å². The van der Waals surface area contributed by atoms with E-state index in [1.807, 2.05) is 18.5 Å². The van der Waals surface area contributed by atoms with Gasteiger partial charge in [0.25, 0.3) is 0 Å². The molecular formula is C43H52BrN5O7. The van der Waals surface area contributed by atoms with E-state index in [9.17, 15) is 9.90 Å². The maximum absolute atomic E-state index is 15.4. The highest BCUT2D eigenvalue weighted by Crippen LogP contribution is 2.74. The number of allylic oxidation sites excluding steroid dienone is 4. The lowest BCUT2D eigenvalue weighted by atomic mass is 9.47. The molecule has 1 aromatic carbocycles. The summed E-state index contributed by atoms with van der Waals surface area (Å²) in [5.74, 6) is 1.24. The van der Waals surface area contributed by atoms with Crippen molar-refractivity contribution in [1.82, 2.24) is 20.1 Å². The van der Waals surface area contributed by atoms with Gasteiger partial charge in [0.2, 0.25) is 11.9 Å². The third kappa shape index (κ3) is 5.58. The molecule has 6 atom stereocenters. The van der Waals surface area contributed by atoms with Gasteiger partial charge in [-0.25, -0.2) is 4.68 Å². The van der Waals surface area contributed by atoms with Gasteiger partial charge in [0.05, 0.1) is 35.1 Å². The second-order valence-corrected chi connectivity index (χ2v) is 17.6. The SMILES string of the molecule is CC(C)=CCCC1(C)C=Cc2c(c(CC=C(C)C)c3c(c2OCBr)C2=C4C(C5CC6C(C)(C)OC(C/C=C(/C)C(=O)NCCO)(C5=O)C46O3)n3ncnc3N2)O1. The first-order chi connectivity index (χ1) is 26.6. The number of aromatic nitrogens is 3. The maximum Gasteiger partial charge on any atom is 0.246 e. The molecule has 3 saturated carbocycles. The van der Waals surface area contributed by atoms with Gasteiger partial charge in [-0.05, 0) is 109 Å². The summed E-state index contributed by atoms with van der Waals surface area (Å²) in [6.45, 7) is 16.2. The first-order valence-corrected chi connectivity index (χ1v) is 20.7. The number of alkyl halides is 1. The molecule has 4 bridgehead atoms. The van der Waals surface area contributed by atoms with Crippen LogP contribution in [-0.2, 0) is 20.7 Å². The number of ether oxygens (including phenoxy) is 4. The highest BCUT2D eigenvalue weighted by molar-refractivity contribution is 9.09. The van der Waals surface area contributed by atoms with Crippen LogP contribution in [0.3, 0.4) is 0 Å². The zero-order valence-corrected chi connectivity index (χ0v) is 35.1. The van der Waals surface area contributed by atoms with Crippen molar-refractivity contribution in [1.29, 1.82) is 0 Å². The van der Waals surface area contributed by atoms with Crippen molar-refractivity contribution >= 4 is 45.3 Å². The molecule has 7 aliphatic rings. The van der Waals surface area contributed by atoms with Crippen molar-refractivity contribution < 1.29 is 33.6 Å². The molecule has 298 valence electrons. The van der Waals surface area contributed by atoms with E-state index < -0.39 is 34.4 Å². The number of amides is 1. The number of aliphatic hydroxyl groups excluding tert-OH is 1. The molecule has 56 heavy (non-hydrogen) atoms. The van der Waals surface area contributed by atoms with Crippen LogP contribution in [0.2, 0.25) is 0 Å². The monoisotopic (exact) mass is 829 g/mol. The minimum atomic E-state index is -1.49. The molecule has 4 aliphatic heterocycles. The first kappa shape index (κ1) is 38.7. The van der Waals surface area contributed by atoms with Gasteiger partial charge in [0.1, 0.15) is 34.7 Å². The quantitative estimate of drug-likeness (QED) is 0.115. The fraction of sp³-hybridized carbons (Fsp3) is 0.535. The number of hydrogen-bond acceptors (Lipinski definition) is 10. The minimum absolute atomic E-state index is 0.0780. The van der Waals surface area contributed by atoms with Gasteiger partial charge in [-0.3, -0.25) is 9.59 Å². The molecule has 3 aliphatic carbocycles. The first-order valence-electron chi connectivity index (χ1n) is 19.6. The number of rotatable bonds is 12. The van der Waals surface area contributed by atoms with Crippen LogP contribution in [0.15, 0.2) is 52.9 Å². The number of fused-ring (bicyclic) bond motifs is 4. The van der Waals surface area contributed by atoms with Gasteiger partial charge in [-0.2, -0.15) is 10.1 Å². The maximum atomic E-state index is 15.4. The highest BCUT2D eigenvalue weighted by atomic mass is 79.9. The predicted octanol–water partition coefficient (Wildman–Crippen LogP) is 7.15. The fourth-order valence-corrected chi connectivity index (χ4v) is 10.3. The van der Waals surface area contributed by atoms with E-state index in [4.69, 9.17) is 18.9 Å². The molecule has 0 radical (unpaired) electrons. The Balaban J connectivity index is 1.41. The number of anilines is 1. The van der Waals surface area contributed by atoms with E-state index in [0.29, 0.717) is 41.6 Å². The van der Waals surface area contributed by atoms with Gasteiger partial charge in [0, 0.05) is 41.5 Å². The Kier molecular flexibility index (Phi) is 9.48. The summed E-state index contributed by atoms with van der Waals surface area (Å²) in [5, 5.41) is 20.4. The largest absolute Gasteiger partial charge is 0.482 e. The molecule has 1 saturated heterocycles. The Bertz CT molecular complexity index is 2170. The summed E-state index contributed by atoms with van der Waals surface area (Å²) in [7, 11) is 0. The lowest BCUT2D eigenvalue weighted by Gasteiger charge is -2.62. The van der Waals surface area contributed by atoms with Gasteiger partial charge < -0.3 is 34.7 Å². The second-order valence-electron chi connectivity index (χ2n) is 17.1. The number of carbonyl (C=O) groups excluding carboxylic acids is 2. The Hall–Kier alpha value is -4.20. The Labute approximate surface area is 336 Å². The van der Waals surface area contributed by atoms with E-state index >= 15 is 4.79 Å². The van der Waals surface area contributed by atoms with E-state index in [2.05, 4.69) is 95.6 Å². The summed E-state index contributed by atoms with van der Waals surface area (Å²) >= 11 is 3.57. The van der Waals surface area contributed by atoms with E-state index in [1.54, 1.807) is 13.0 Å². The van der Waals surface area contributed by atoms with Crippen molar-refractivity contribution in [2.45, 2.75) is 116 Å². The molecule has 12 nitrogen and oxygen atoms in total. The van der Waals surface area contributed by atoms with Crippen molar-refractivity contribution in [3.63, 3.8) is 0 Å². The average Bonchev–Trinajstić information content (AvgIpc) is 3.67. The molecule has 1 spiro atoms. The number of benzene rings is 1. The summed E-state index contributed by atoms with van der Waals surface area (Å²) in [6, 6.07) is -0.483. The summed E-state index contributed by atoms with van der Waals surface area (Å²) < 4.78 is 30.4. The molecule has 5 heterocycles. The van der Waals surface area contributed by atoms with Crippen LogP contribution in [0, 0.1) is 11.8 Å². The van der Waals surface area contributed by atoms with Gasteiger partial charge in [0.15, 0.2) is 17.0 Å². The summed E-state index contributed by atoms with van der Waals surface area (Å²) in [5.41, 5.74) is 2.90. The van der Waals surface area contributed by atoms with E-state index in [0.717, 1.165) is 46.4 Å². The normalized spacial score (nSPS) is 29.6. The zero-order valence-electron chi connectivity index (χ0n) is 33.5. The minimum Gasteiger partial charge on any atom is -0.482 e. The van der Waals surface area contributed by atoms with Crippen molar-refractivity contribution in [3.05, 3.63) is 69.6 Å². The smallest absolute Gasteiger partial charge is 0.246 e. The molecule has 2 aromatic rings. The number of ketones is 1.